The molecule has 2 fully saturated rings. The Hall–Kier alpha value is -12.9. The second-order valence-electron chi connectivity index (χ2n) is 25.4. The van der Waals surface area contributed by atoms with Gasteiger partial charge in [-0.2, -0.15) is 0 Å². The quantitative estimate of drug-likeness (QED) is 0.0445. The number of hydrogen-bond acceptors (Lipinski definition) is 17. The molecule has 106 heavy (non-hydrogen) atoms. The Labute approximate surface area is 607 Å². The first-order chi connectivity index (χ1) is 51.3. The van der Waals surface area contributed by atoms with E-state index in [0.717, 1.165) is 102 Å². The lowest BCUT2D eigenvalue weighted by Crippen LogP contribution is -2.28. The van der Waals surface area contributed by atoms with Gasteiger partial charge in [-0.25, -0.2) is 29.3 Å². The first-order valence-corrected chi connectivity index (χ1v) is 34.8. The third-order valence-corrected chi connectivity index (χ3v) is 17.9. The zero-order valence-corrected chi connectivity index (χ0v) is 59.8. The summed E-state index contributed by atoms with van der Waals surface area (Å²) >= 11 is 0. The summed E-state index contributed by atoms with van der Waals surface area (Å²) in [5, 5.41) is 10.6. The van der Waals surface area contributed by atoms with Gasteiger partial charge in [0.15, 0.2) is 0 Å². The molecule has 0 saturated carbocycles. The lowest BCUT2D eigenvalue weighted by molar-refractivity contribution is 0.0784. The molecule has 11 heterocycles. The second kappa shape index (κ2) is 32.6. The van der Waals surface area contributed by atoms with Crippen molar-refractivity contribution in [1.29, 1.82) is 0 Å². The van der Waals surface area contributed by atoms with Gasteiger partial charge in [0.05, 0.1) is 87.2 Å². The van der Waals surface area contributed by atoms with Crippen molar-refractivity contribution in [3.8, 4) is 67.2 Å². The maximum atomic E-state index is 13.0. The Morgan fingerprint density at radius 1 is 0.509 bits per heavy atom. The first-order valence-electron chi connectivity index (χ1n) is 34.8. The standard InChI is InChI=1S/C26H27N7O3.C26H26N6O4.C25H27N5O4/c1-3-27-26(36)31-25-29-21-13-18(16-8-11-32(2)22(34)14-16)12-19(23(21)30-25)20-7-6-17(15-28-20)24(35)33-9-4-5-10-33;1-3-36-26(35)30-25-28-21-13-18(16-8-11-31(2)22(33)14-16)12-19(23(21)29-25)20-7-6-17(15-27-20)24(34)32-9-4-5-10-32;1-5-34-25(32)29-24-27-21-12-18(11-19(23(21)28-24)20-8-6-7-9-26-20)17-10-15(2)30(22(31)13-17)16(3)14-33-4/h6-8,11-15H,3-5,9-10H2,1-2H3,(H3,27,29,30,31,36);6-8,11-15H,3-5,9-10H2,1-2H3,(H2,28,29,30,35);6-13,16H,5,14H2,1-4H3,(H2,27,28,29,32). The van der Waals surface area contributed by atoms with Gasteiger partial charge < -0.3 is 58.0 Å². The van der Waals surface area contributed by atoms with Crippen molar-refractivity contribution in [2.24, 2.45) is 14.1 Å². The van der Waals surface area contributed by atoms with Crippen LogP contribution in [0, 0.1) is 6.92 Å². The van der Waals surface area contributed by atoms with Crippen molar-refractivity contribution in [2.45, 2.75) is 66.3 Å². The largest absolute Gasteiger partial charge is 0.450 e. The fourth-order valence-corrected chi connectivity index (χ4v) is 12.8. The molecule has 2 saturated heterocycles. The number of nitrogens with zero attached hydrogens (tertiary/aromatic N) is 11. The van der Waals surface area contributed by atoms with Crippen LogP contribution in [0.25, 0.3) is 100 Å². The number of hydrogen-bond donors (Lipinski definition) is 7. The summed E-state index contributed by atoms with van der Waals surface area (Å²) in [6.45, 7) is 13.6. The van der Waals surface area contributed by atoms with Gasteiger partial charge >= 0.3 is 18.2 Å². The number of anilines is 3. The highest BCUT2D eigenvalue weighted by Gasteiger charge is 2.25. The number of imidazole rings is 3. The van der Waals surface area contributed by atoms with Crippen LogP contribution in [0.4, 0.5) is 32.2 Å². The van der Waals surface area contributed by atoms with Gasteiger partial charge in [0.25, 0.3) is 28.5 Å². The Morgan fingerprint density at radius 2 is 0.934 bits per heavy atom. The molecule has 9 aromatic heterocycles. The number of carbonyl (C=O) groups is 5. The predicted octanol–water partition coefficient (Wildman–Crippen LogP) is 11.7. The number of methoxy groups -OCH3 is 1. The molecule has 14 rings (SSSR count). The Kier molecular flexibility index (Phi) is 22.4. The molecule has 1 atom stereocenters. The summed E-state index contributed by atoms with van der Waals surface area (Å²) in [7, 11) is 5.01. The molecule has 0 bridgehead atoms. The number of H-pyrrole nitrogens is 3. The van der Waals surface area contributed by atoms with Crippen molar-refractivity contribution in [3.63, 3.8) is 0 Å². The van der Waals surface area contributed by atoms with Crippen molar-refractivity contribution in [1.82, 2.24) is 73.7 Å². The number of nitrogens with one attached hydrogen (secondary N) is 7. The zero-order valence-electron chi connectivity index (χ0n) is 59.8. The molecular weight excluding hydrogens is 1350 g/mol. The summed E-state index contributed by atoms with van der Waals surface area (Å²) in [5.74, 6) is 0.749. The first kappa shape index (κ1) is 72.9. The lowest BCUT2D eigenvalue weighted by atomic mass is 9.99. The number of urea groups is 1. The van der Waals surface area contributed by atoms with E-state index >= 15 is 0 Å². The summed E-state index contributed by atoms with van der Waals surface area (Å²) in [4.78, 5) is 139. The highest BCUT2D eigenvalue weighted by atomic mass is 16.6. The number of likely N-dealkylation sites (tertiary alicyclic amines) is 2. The number of ether oxygens (including phenoxy) is 3. The van der Waals surface area contributed by atoms with Crippen LogP contribution in [-0.2, 0) is 28.3 Å². The average Bonchev–Trinajstić information content (AvgIpc) is 1.56. The van der Waals surface area contributed by atoms with E-state index in [1.54, 1.807) is 113 Å². The van der Waals surface area contributed by atoms with Gasteiger partial charge in [-0.3, -0.25) is 54.9 Å². The van der Waals surface area contributed by atoms with Crippen molar-refractivity contribution in [2.75, 3.05) is 75.6 Å². The van der Waals surface area contributed by atoms with Crippen LogP contribution in [0.1, 0.15) is 85.8 Å². The third-order valence-electron chi connectivity index (χ3n) is 17.9. The minimum Gasteiger partial charge on any atom is -0.450 e. The smallest absolute Gasteiger partial charge is 0.413 e. The van der Waals surface area contributed by atoms with E-state index in [1.807, 2.05) is 103 Å². The Balaban J connectivity index is 0.000000149. The zero-order chi connectivity index (χ0) is 74.7. The number of amides is 6. The van der Waals surface area contributed by atoms with Crippen LogP contribution in [0.2, 0.25) is 0 Å². The Bertz CT molecular complexity index is 5210. The molecule has 0 spiro atoms. The van der Waals surface area contributed by atoms with Crippen LogP contribution in [0.15, 0.2) is 161 Å². The molecule has 6 amide bonds. The van der Waals surface area contributed by atoms with E-state index in [-0.39, 0.29) is 65.7 Å². The van der Waals surface area contributed by atoms with Crippen LogP contribution in [0.5, 0.6) is 0 Å². The van der Waals surface area contributed by atoms with E-state index in [1.165, 1.54) is 9.13 Å². The fourth-order valence-electron chi connectivity index (χ4n) is 12.8. The third kappa shape index (κ3) is 16.6. The topological polar surface area (TPSA) is 358 Å². The molecule has 2 aliphatic rings. The second-order valence-corrected chi connectivity index (χ2v) is 25.4. The molecule has 12 aromatic rings. The van der Waals surface area contributed by atoms with Crippen molar-refractivity contribution >= 4 is 81.0 Å². The molecule has 7 N–H and O–H groups in total. The maximum absolute atomic E-state index is 13.0. The van der Waals surface area contributed by atoms with Gasteiger partial charge in [0.2, 0.25) is 17.8 Å². The van der Waals surface area contributed by atoms with Gasteiger partial charge in [-0.15, -0.1) is 0 Å². The van der Waals surface area contributed by atoms with E-state index in [2.05, 4.69) is 66.1 Å². The van der Waals surface area contributed by atoms with Crippen molar-refractivity contribution < 1.29 is 38.2 Å². The van der Waals surface area contributed by atoms with Crippen LogP contribution >= 0.6 is 0 Å². The number of pyridine rings is 6. The number of fused-ring (bicyclic) bond motifs is 3. The van der Waals surface area contributed by atoms with E-state index < -0.39 is 12.2 Å². The van der Waals surface area contributed by atoms with Gasteiger partial charge in [-0.05, 0) is 185 Å². The minimum absolute atomic E-state index is 0.0150. The summed E-state index contributed by atoms with van der Waals surface area (Å²) in [5.41, 5.74) is 14.2. The molecule has 0 radical (unpaired) electrons. The normalized spacial score (nSPS) is 12.8. The maximum Gasteiger partial charge on any atom is 0.413 e. The predicted molar refractivity (Wildman–Crippen MR) is 405 cm³/mol. The van der Waals surface area contributed by atoms with Crippen LogP contribution in [-0.4, -0.2) is 158 Å². The van der Waals surface area contributed by atoms with E-state index in [4.69, 9.17) is 14.2 Å². The molecule has 544 valence electrons. The van der Waals surface area contributed by atoms with Gasteiger partial charge in [0.1, 0.15) is 0 Å². The average molecular weight is 1430 g/mol. The van der Waals surface area contributed by atoms with Crippen LogP contribution < -0.4 is 37.9 Å². The van der Waals surface area contributed by atoms with Gasteiger partial charge in [0, 0.05) is 125 Å². The monoisotopic (exact) mass is 1430 g/mol. The number of aromatic nitrogens is 12. The van der Waals surface area contributed by atoms with E-state index in [0.29, 0.717) is 85.8 Å². The number of aromatic amines is 3. The van der Waals surface area contributed by atoms with Crippen molar-refractivity contribution in [3.05, 3.63) is 194 Å². The molecule has 1 unspecified atom stereocenters. The summed E-state index contributed by atoms with van der Waals surface area (Å²) in [6.07, 6.45) is 11.2. The molecule has 3 aromatic carbocycles. The number of aryl methyl sites for hydroxylation is 3. The molecule has 0 aliphatic carbocycles. The molecule has 2 aliphatic heterocycles. The molecule has 29 heteroatoms. The highest BCUT2D eigenvalue weighted by molar-refractivity contribution is 6.02. The lowest BCUT2D eigenvalue weighted by Gasteiger charge is -2.18. The minimum atomic E-state index is -0.618. The molecular formula is C77H80N18O11. The highest BCUT2D eigenvalue weighted by Crippen LogP contribution is 2.37. The van der Waals surface area contributed by atoms with Gasteiger partial charge in [-0.1, -0.05) is 6.07 Å². The fraction of sp³-hybridized carbons (Fsp3) is 0.273. The summed E-state index contributed by atoms with van der Waals surface area (Å²) in [6, 6.07) is 34.2. The summed E-state index contributed by atoms with van der Waals surface area (Å²) < 4.78 is 19.9. The number of rotatable bonds is 17. The number of carbonyl (C=O) groups excluding carboxylic acids is 5. The number of benzene rings is 3. The Morgan fingerprint density at radius 3 is 1.32 bits per heavy atom. The molecule has 29 nitrogen and oxygen atoms in total. The van der Waals surface area contributed by atoms with Crippen LogP contribution in [0.3, 0.4) is 0 Å². The SMILES string of the molecule is CCNC(=O)Nc1nc2c(-c3ccc(C(=O)N4CCCC4)cn3)cc(-c3ccn(C)c(=O)c3)cc2[nH]1.CCOC(=O)Nc1nc2c(-c3ccc(C(=O)N4CCCC4)cn3)cc(-c3ccn(C)c(=O)c3)cc2[nH]1.CCOC(=O)Nc1nc2c(-c3ccccn3)cc(-c3cc(C)n(C(C)COC)c(=O)c3)cc2[nH]1. The van der Waals surface area contributed by atoms with E-state index in [9.17, 15) is 38.4 Å².